The molecule has 1 unspecified atom stereocenters. The molecule has 1 aliphatic heterocycles. The first-order valence-electron chi connectivity index (χ1n) is 8.11. The average molecular weight is 356 g/mol. The highest BCUT2D eigenvalue weighted by Gasteiger charge is 2.37. The maximum Gasteiger partial charge on any atom is 0.249 e. The van der Waals surface area contributed by atoms with E-state index in [1.807, 2.05) is 0 Å². The van der Waals surface area contributed by atoms with Crippen LogP contribution in [0.4, 0.5) is 8.78 Å². The second-order valence-electron chi connectivity index (χ2n) is 5.95. The van der Waals surface area contributed by atoms with Gasteiger partial charge >= 0.3 is 0 Å². The fourth-order valence-electron chi connectivity index (χ4n) is 3.01. The Balaban J connectivity index is 1.62. The molecule has 1 fully saturated rings. The van der Waals surface area contributed by atoms with Crippen LogP contribution in [0.1, 0.15) is 30.3 Å². The third kappa shape index (κ3) is 2.94. The topological polar surface area (TPSA) is 72.1 Å². The number of halogens is 2. The molecule has 0 N–H and O–H groups in total. The first-order valence-corrected chi connectivity index (χ1v) is 8.11. The first-order chi connectivity index (χ1) is 12.6. The van der Waals surface area contributed by atoms with Crippen molar-refractivity contribution in [3.63, 3.8) is 0 Å². The first kappa shape index (κ1) is 16.3. The van der Waals surface area contributed by atoms with Crippen molar-refractivity contribution in [2.45, 2.75) is 25.4 Å². The molecule has 3 heterocycles. The lowest BCUT2D eigenvalue weighted by molar-refractivity contribution is -0.130. The number of likely N-dealkylation sites (tertiary alicyclic amines) is 1. The zero-order valence-electron chi connectivity index (χ0n) is 13.6. The minimum absolute atomic E-state index is 0.155. The quantitative estimate of drug-likeness (QED) is 0.717. The number of benzene rings is 1. The number of nitrogens with zero attached hydrogens (tertiary/aromatic N) is 4. The lowest BCUT2D eigenvalue weighted by Gasteiger charge is -2.22. The molecule has 0 bridgehead atoms. The van der Waals surface area contributed by atoms with E-state index in [-0.39, 0.29) is 30.3 Å². The number of aromatic nitrogens is 3. The SMILES string of the molecule is O=C1CCC(c2nc(-c3ccccn3)no2)N1Cc1c(F)cccc1F. The zero-order chi connectivity index (χ0) is 18.1. The van der Waals surface area contributed by atoms with Gasteiger partial charge in [-0.3, -0.25) is 9.78 Å². The lowest BCUT2D eigenvalue weighted by atomic mass is 10.1. The maximum absolute atomic E-state index is 13.9. The normalized spacial score (nSPS) is 17.1. The third-order valence-electron chi connectivity index (χ3n) is 4.34. The van der Waals surface area contributed by atoms with Crippen molar-refractivity contribution in [2.75, 3.05) is 0 Å². The van der Waals surface area contributed by atoms with Crippen LogP contribution < -0.4 is 0 Å². The number of carbonyl (C=O) groups excluding carboxylic acids is 1. The molecule has 6 nitrogen and oxygen atoms in total. The molecule has 1 aromatic carbocycles. The average Bonchev–Trinajstić information content (AvgIpc) is 3.26. The number of carbonyl (C=O) groups is 1. The summed E-state index contributed by atoms with van der Waals surface area (Å²) >= 11 is 0. The maximum atomic E-state index is 13.9. The zero-order valence-corrected chi connectivity index (χ0v) is 13.6. The van der Waals surface area contributed by atoms with E-state index in [1.165, 1.54) is 23.1 Å². The summed E-state index contributed by atoms with van der Waals surface area (Å²) in [6.45, 7) is -0.191. The van der Waals surface area contributed by atoms with Crippen molar-refractivity contribution in [3.8, 4) is 11.5 Å². The van der Waals surface area contributed by atoms with E-state index in [2.05, 4.69) is 15.1 Å². The summed E-state index contributed by atoms with van der Waals surface area (Å²) in [5.41, 5.74) is 0.385. The molecule has 8 heteroatoms. The van der Waals surface area contributed by atoms with E-state index in [1.54, 1.807) is 24.4 Å². The molecular formula is C18H14F2N4O2. The number of rotatable bonds is 4. The molecule has 0 radical (unpaired) electrons. The number of pyridine rings is 1. The van der Waals surface area contributed by atoms with E-state index in [0.29, 0.717) is 17.9 Å². The van der Waals surface area contributed by atoms with Gasteiger partial charge in [-0.25, -0.2) is 8.78 Å². The van der Waals surface area contributed by atoms with Crippen molar-refractivity contribution in [1.82, 2.24) is 20.0 Å². The van der Waals surface area contributed by atoms with Gasteiger partial charge in [-0.15, -0.1) is 0 Å². The molecule has 1 atom stereocenters. The van der Waals surface area contributed by atoms with Gasteiger partial charge in [0.1, 0.15) is 23.4 Å². The predicted octanol–water partition coefficient (Wildman–Crippen LogP) is 3.27. The Kier molecular flexibility index (Phi) is 4.16. The van der Waals surface area contributed by atoms with Crippen LogP contribution in [0.15, 0.2) is 47.1 Å². The van der Waals surface area contributed by atoms with Crippen molar-refractivity contribution in [3.05, 3.63) is 65.7 Å². The summed E-state index contributed by atoms with van der Waals surface area (Å²) in [5.74, 6) is -1.06. The highest BCUT2D eigenvalue weighted by Crippen LogP contribution is 2.34. The van der Waals surface area contributed by atoms with Gasteiger partial charge in [0.25, 0.3) is 0 Å². The highest BCUT2D eigenvalue weighted by atomic mass is 19.1. The fraction of sp³-hybridized carbons (Fsp3) is 0.222. The molecular weight excluding hydrogens is 342 g/mol. The number of hydrogen-bond donors (Lipinski definition) is 0. The second kappa shape index (κ2) is 6.62. The molecule has 0 saturated carbocycles. The van der Waals surface area contributed by atoms with Crippen LogP contribution in [0.3, 0.4) is 0 Å². The van der Waals surface area contributed by atoms with E-state index < -0.39 is 17.7 Å². The van der Waals surface area contributed by atoms with Gasteiger partial charge in [-0.1, -0.05) is 17.3 Å². The van der Waals surface area contributed by atoms with Crippen molar-refractivity contribution in [2.24, 2.45) is 0 Å². The monoisotopic (exact) mass is 356 g/mol. The molecule has 0 spiro atoms. The summed E-state index contributed by atoms with van der Waals surface area (Å²) in [6, 6.07) is 8.40. The number of amides is 1. The Hall–Kier alpha value is -3.16. The van der Waals surface area contributed by atoms with Crippen LogP contribution in [-0.4, -0.2) is 25.9 Å². The van der Waals surface area contributed by atoms with Crippen LogP contribution in [0.25, 0.3) is 11.5 Å². The fourth-order valence-corrected chi connectivity index (χ4v) is 3.01. The summed E-state index contributed by atoms with van der Waals surface area (Å²) in [4.78, 5) is 22.1. The third-order valence-corrected chi connectivity index (χ3v) is 4.34. The Morgan fingerprint density at radius 3 is 2.69 bits per heavy atom. The van der Waals surface area contributed by atoms with Gasteiger partial charge in [-0.2, -0.15) is 4.98 Å². The number of hydrogen-bond acceptors (Lipinski definition) is 5. The molecule has 1 aliphatic rings. The molecule has 1 saturated heterocycles. The van der Waals surface area contributed by atoms with Crippen molar-refractivity contribution >= 4 is 5.91 Å². The highest BCUT2D eigenvalue weighted by molar-refractivity contribution is 5.78. The van der Waals surface area contributed by atoms with E-state index >= 15 is 0 Å². The summed E-state index contributed by atoms with van der Waals surface area (Å²) in [5, 5.41) is 3.90. The van der Waals surface area contributed by atoms with Crippen molar-refractivity contribution in [1.29, 1.82) is 0 Å². The molecule has 2 aromatic heterocycles. The predicted molar refractivity (Wildman–Crippen MR) is 86.4 cm³/mol. The molecule has 132 valence electrons. The molecule has 0 aliphatic carbocycles. The van der Waals surface area contributed by atoms with E-state index in [0.717, 1.165) is 0 Å². The van der Waals surface area contributed by atoms with Gasteiger partial charge in [0.2, 0.25) is 17.6 Å². The van der Waals surface area contributed by atoms with Gasteiger partial charge in [0, 0.05) is 18.2 Å². The van der Waals surface area contributed by atoms with Gasteiger partial charge in [-0.05, 0) is 30.7 Å². The largest absolute Gasteiger partial charge is 0.337 e. The lowest BCUT2D eigenvalue weighted by Crippen LogP contribution is -2.28. The molecule has 3 aromatic rings. The smallest absolute Gasteiger partial charge is 0.249 e. The minimum atomic E-state index is -0.692. The van der Waals surface area contributed by atoms with Crippen LogP contribution in [-0.2, 0) is 11.3 Å². The summed E-state index contributed by atoms with van der Waals surface area (Å²) in [6.07, 6.45) is 2.30. The van der Waals surface area contributed by atoms with E-state index in [4.69, 9.17) is 4.52 Å². The molecule has 1 amide bonds. The van der Waals surface area contributed by atoms with Crippen LogP contribution in [0.2, 0.25) is 0 Å². The minimum Gasteiger partial charge on any atom is -0.337 e. The Bertz CT molecular complexity index is 925. The van der Waals surface area contributed by atoms with Crippen LogP contribution in [0, 0.1) is 11.6 Å². The Labute approximate surface area is 147 Å². The Morgan fingerprint density at radius 2 is 1.96 bits per heavy atom. The molecule has 4 rings (SSSR count). The molecule has 26 heavy (non-hydrogen) atoms. The van der Waals surface area contributed by atoms with Gasteiger partial charge < -0.3 is 9.42 Å². The standard InChI is InChI=1S/C18H14F2N4O2/c19-12-4-3-5-13(20)11(12)10-24-15(7-8-16(24)25)18-22-17(23-26-18)14-6-1-2-9-21-14/h1-6,9,15H,7-8,10H2. The summed E-state index contributed by atoms with van der Waals surface area (Å²) in [7, 11) is 0. The Morgan fingerprint density at radius 1 is 1.15 bits per heavy atom. The second-order valence-corrected chi connectivity index (χ2v) is 5.95. The van der Waals surface area contributed by atoms with Gasteiger partial charge in [0.15, 0.2) is 0 Å². The van der Waals surface area contributed by atoms with Gasteiger partial charge in [0.05, 0.1) is 6.54 Å². The van der Waals surface area contributed by atoms with Crippen LogP contribution >= 0.6 is 0 Å². The van der Waals surface area contributed by atoms with Crippen molar-refractivity contribution < 1.29 is 18.1 Å². The summed E-state index contributed by atoms with van der Waals surface area (Å²) < 4.78 is 33.2. The van der Waals surface area contributed by atoms with E-state index in [9.17, 15) is 13.6 Å². The van der Waals surface area contributed by atoms with Crippen LogP contribution in [0.5, 0.6) is 0 Å².